The maximum Gasteiger partial charge on any atom is 0.306 e. The van der Waals surface area contributed by atoms with E-state index in [1.165, 1.54) is 32.1 Å². The highest BCUT2D eigenvalue weighted by Gasteiger charge is 2.18. The number of hydrogen-bond acceptors (Lipinski definition) is 5. The van der Waals surface area contributed by atoms with Gasteiger partial charge in [-0.05, 0) is 43.4 Å². The van der Waals surface area contributed by atoms with Crippen molar-refractivity contribution >= 4 is 11.9 Å². The van der Waals surface area contributed by atoms with Crippen LogP contribution >= 0.6 is 0 Å². The minimum Gasteiger partial charge on any atom is -0.456 e. The number of benzene rings is 1. The van der Waals surface area contributed by atoms with Crippen molar-refractivity contribution in [3.05, 3.63) is 23.8 Å². The molecule has 3 rings (SSSR count). The summed E-state index contributed by atoms with van der Waals surface area (Å²) in [6, 6.07) is 5.35. The van der Waals surface area contributed by atoms with Crippen molar-refractivity contribution in [1.82, 2.24) is 5.32 Å². The Balaban J connectivity index is 1.33. The number of rotatable bonds is 8. The van der Waals surface area contributed by atoms with Crippen LogP contribution in [-0.2, 0) is 14.3 Å². The summed E-state index contributed by atoms with van der Waals surface area (Å²) in [5.41, 5.74) is 0.909. The van der Waals surface area contributed by atoms with Crippen LogP contribution in [0.2, 0.25) is 0 Å². The summed E-state index contributed by atoms with van der Waals surface area (Å²) in [6.45, 7) is 1.86. The van der Waals surface area contributed by atoms with Crippen LogP contribution in [0.4, 0.5) is 0 Å². The number of fused-ring (bicyclic) bond motifs is 1. The van der Waals surface area contributed by atoms with Gasteiger partial charge in [-0.1, -0.05) is 38.2 Å². The van der Waals surface area contributed by atoms with E-state index in [4.69, 9.17) is 14.2 Å². The van der Waals surface area contributed by atoms with Gasteiger partial charge in [-0.3, -0.25) is 9.59 Å². The summed E-state index contributed by atoms with van der Waals surface area (Å²) >= 11 is 0. The summed E-state index contributed by atoms with van der Waals surface area (Å²) in [5, 5.41) is 2.84. The van der Waals surface area contributed by atoms with Crippen LogP contribution < -0.4 is 14.8 Å². The molecule has 1 aromatic rings. The Morgan fingerprint density at radius 3 is 2.78 bits per heavy atom. The van der Waals surface area contributed by atoms with Gasteiger partial charge in [0.25, 0.3) is 5.91 Å². The number of esters is 1. The van der Waals surface area contributed by atoms with Gasteiger partial charge in [0.1, 0.15) is 0 Å². The van der Waals surface area contributed by atoms with Crippen molar-refractivity contribution in [1.29, 1.82) is 0 Å². The number of carbonyl (C=O) groups excluding carboxylic acids is 2. The Bertz CT molecular complexity index is 654. The zero-order valence-corrected chi connectivity index (χ0v) is 16.0. The third kappa shape index (κ3) is 5.88. The zero-order valence-electron chi connectivity index (χ0n) is 16.0. The lowest BCUT2D eigenvalue weighted by Crippen LogP contribution is -2.31. The summed E-state index contributed by atoms with van der Waals surface area (Å²) in [5.74, 6) is 1.55. The van der Waals surface area contributed by atoms with Crippen molar-refractivity contribution in [2.45, 2.75) is 64.3 Å². The molecule has 1 amide bonds. The molecule has 1 N–H and O–H groups in total. The van der Waals surface area contributed by atoms with Gasteiger partial charge >= 0.3 is 5.97 Å². The number of nitrogens with one attached hydrogen (secondary N) is 1. The van der Waals surface area contributed by atoms with E-state index in [0.717, 1.165) is 24.3 Å². The van der Waals surface area contributed by atoms with Gasteiger partial charge in [0.15, 0.2) is 18.1 Å². The molecule has 0 aromatic heterocycles. The van der Waals surface area contributed by atoms with Crippen molar-refractivity contribution < 1.29 is 23.8 Å². The van der Waals surface area contributed by atoms with Crippen LogP contribution in [0.15, 0.2) is 18.2 Å². The second kappa shape index (κ2) is 9.62. The van der Waals surface area contributed by atoms with Gasteiger partial charge in [0.2, 0.25) is 6.79 Å². The molecule has 1 unspecified atom stereocenters. The maximum absolute atomic E-state index is 12.0. The van der Waals surface area contributed by atoms with Gasteiger partial charge in [-0.25, -0.2) is 0 Å². The smallest absolute Gasteiger partial charge is 0.306 e. The van der Waals surface area contributed by atoms with E-state index in [-0.39, 0.29) is 31.3 Å². The molecule has 1 aromatic carbocycles. The van der Waals surface area contributed by atoms with Crippen LogP contribution in [0, 0.1) is 5.92 Å². The molecule has 1 atom stereocenters. The highest BCUT2D eigenvalue weighted by Crippen LogP contribution is 2.34. The fourth-order valence-corrected chi connectivity index (χ4v) is 3.78. The van der Waals surface area contributed by atoms with Gasteiger partial charge in [-0.15, -0.1) is 0 Å². The molecule has 0 spiro atoms. The van der Waals surface area contributed by atoms with E-state index in [1.807, 2.05) is 25.1 Å². The predicted octanol–water partition coefficient (Wildman–Crippen LogP) is 3.89. The largest absolute Gasteiger partial charge is 0.456 e. The number of ether oxygens (including phenoxy) is 3. The van der Waals surface area contributed by atoms with E-state index >= 15 is 0 Å². The summed E-state index contributed by atoms with van der Waals surface area (Å²) in [6.07, 6.45) is 8.87. The molecule has 1 heterocycles. The van der Waals surface area contributed by atoms with E-state index in [1.54, 1.807) is 0 Å². The molecule has 1 saturated carbocycles. The van der Waals surface area contributed by atoms with E-state index < -0.39 is 0 Å². The molecule has 6 nitrogen and oxygen atoms in total. The second-order valence-electron chi connectivity index (χ2n) is 7.46. The Morgan fingerprint density at radius 1 is 1.19 bits per heavy atom. The highest BCUT2D eigenvalue weighted by molar-refractivity contribution is 5.80. The van der Waals surface area contributed by atoms with E-state index in [2.05, 4.69) is 5.32 Å². The molecule has 2 aliphatic rings. The van der Waals surface area contributed by atoms with Crippen molar-refractivity contribution in [2.75, 3.05) is 13.4 Å². The quantitative estimate of drug-likeness (QED) is 0.698. The molecule has 0 radical (unpaired) electrons. The average Bonchev–Trinajstić information content (AvgIpc) is 3.15. The highest BCUT2D eigenvalue weighted by atomic mass is 16.7. The SMILES string of the molecule is CC(NC(=O)COC(=O)CCCC1CCCCC1)c1ccc2c(c1)OCO2. The first kappa shape index (κ1) is 19.5. The summed E-state index contributed by atoms with van der Waals surface area (Å²) < 4.78 is 15.7. The fraction of sp³-hybridized carbons (Fsp3) is 0.619. The fourth-order valence-electron chi connectivity index (χ4n) is 3.78. The Morgan fingerprint density at radius 2 is 1.96 bits per heavy atom. The molecule has 148 valence electrons. The van der Waals surface area contributed by atoms with Crippen LogP contribution in [0.1, 0.15) is 69.9 Å². The Hall–Kier alpha value is -2.24. The minimum atomic E-state index is -0.305. The molecular formula is C21H29NO5. The molecule has 27 heavy (non-hydrogen) atoms. The van der Waals surface area contributed by atoms with E-state index in [0.29, 0.717) is 17.9 Å². The first-order valence-corrected chi connectivity index (χ1v) is 9.96. The lowest BCUT2D eigenvalue weighted by molar-refractivity contribution is -0.148. The zero-order chi connectivity index (χ0) is 19.1. The van der Waals surface area contributed by atoms with Gasteiger partial charge in [0, 0.05) is 6.42 Å². The number of hydrogen-bond donors (Lipinski definition) is 1. The van der Waals surface area contributed by atoms with Crippen LogP contribution in [-0.4, -0.2) is 25.3 Å². The van der Waals surface area contributed by atoms with Gasteiger partial charge in [-0.2, -0.15) is 0 Å². The van der Waals surface area contributed by atoms with E-state index in [9.17, 15) is 9.59 Å². The predicted molar refractivity (Wildman–Crippen MR) is 101 cm³/mol. The Labute approximate surface area is 160 Å². The standard InChI is InChI=1S/C21H29NO5/c1-15(17-10-11-18-19(12-17)27-14-26-18)22-20(23)13-25-21(24)9-5-8-16-6-3-2-4-7-16/h10-12,15-16H,2-9,13-14H2,1H3,(H,22,23). The Kier molecular flexibility index (Phi) is 6.96. The van der Waals surface area contributed by atoms with Crippen LogP contribution in [0.25, 0.3) is 0 Å². The number of carbonyl (C=O) groups is 2. The van der Waals surface area contributed by atoms with Crippen LogP contribution in [0.3, 0.4) is 0 Å². The molecule has 1 aliphatic carbocycles. The molecule has 1 aliphatic heterocycles. The van der Waals surface area contributed by atoms with Crippen molar-refractivity contribution in [2.24, 2.45) is 5.92 Å². The third-order valence-corrected chi connectivity index (χ3v) is 5.36. The first-order valence-electron chi connectivity index (χ1n) is 9.96. The molecule has 0 bridgehead atoms. The summed E-state index contributed by atoms with van der Waals surface area (Å²) in [4.78, 5) is 23.9. The topological polar surface area (TPSA) is 73.9 Å². The van der Waals surface area contributed by atoms with Crippen LogP contribution in [0.5, 0.6) is 11.5 Å². The first-order chi connectivity index (χ1) is 13.1. The molecule has 0 saturated heterocycles. The van der Waals surface area contributed by atoms with Gasteiger partial charge < -0.3 is 19.5 Å². The average molecular weight is 375 g/mol. The molecule has 1 fully saturated rings. The molecule has 6 heteroatoms. The monoisotopic (exact) mass is 375 g/mol. The third-order valence-electron chi connectivity index (χ3n) is 5.36. The maximum atomic E-state index is 12.0. The second-order valence-corrected chi connectivity index (χ2v) is 7.46. The lowest BCUT2D eigenvalue weighted by atomic mass is 9.86. The molecular weight excluding hydrogens is 346 g/mol. The lowest BCUT2D eigenvalue weighted by Gasteiger charge is -2.21. The van der Waals surface area contributed by atoms with Gasteiger partial charge in [0.05, 0.1) is 6.04 Å². The summed E-state index contributed by atoms with van der Waals surface area (Å²) in [7, 11) is 0. The minimum absolute atomic E-state index is 0.211. The number of amides is 1. The van der Waals surface area contributed by atoms with Crippen molar-refractivity contribution in [3.63, 3.8) is 0 Å². The normalized spacial score (nSPS) is 17.4. The van der Waals surface area contributed by atoms with Crippen molar-refractivity contribution in [3.8, 4) is 11.5 Å².